The highest BCUT2D eigenvalue weighted by molar-refractivity contribution is 6.30. The molecule has 0 spiro atoms. The molecule has 0 atom stereocenters. The number of hydrogen-bond acceptors (Lipinski definition) is 3. The zero-order valence-electron chi connectivity index (χ0n) is 18.3. The number of piperidine rings is 1. The van der Waals surface area contributed by atoms with Crippen molar-refractivity contribution in [2.24, 2.45) is 0 Å². The van der Waals surface area contributed by atoms with Crippen LogP contribution in [0.5, 0.6) is 0 Å². The van der Waals surface area contributed by atoms with Gasteiger partial charge >= 0.3 is 0 Å². The van der Waals surface area contributed by atoms with E-state index in [-0.39, 0.29) is 0 Å². The molecule has 32 heavy (non-hydrogen) atoms. The average molecular weight is 445 g/mol. The minimum Gasteiger partial charge on any atom is -0.385 e. The molecule has 4 heteroatoms. The van der Waals surface area contributed by atoms with E-state index < -0.39 is 5.60 Å². The van der Waals surface area contributed by atoms with Gasteiger partial charge in [0.2, 0.25) is 0 Å². The number of hydrogen-bond donors (Lipinski definition) is 1. The molecule has 1 saturated heterocycles. The molecule has 164 valence electrons. The van der Waals surface area contributed by atoms with Crippen molar-refractivity contribution < 1.29 is 5.11 Å². The van der Waals surface area contributed by atoms with E-state index in [1.165, 1.54) is 28.0 Å². The molecular weight excluding hydrogens is 416 g/mol. The second-order valence-corrected chi connectivity index (χ2v) is 9.38. The van der Waals surface area contributed by atoms with Crippen molar-refractivity contribution in [1.29, 1.82) is 0 Å². The van der Waals surface area contributed by atoms with Gasteiger partial charge in [-0.3, -0.25) is 4.98 Å². The van der Waals surface area contributed by atoms with E-state index in [1.807, 2.05) is 36.5 Å². The zero-order chi connectivity index (χ0) is 22.0. The number of pyridine rings is 1. The van der Waals surface area contributed by atoms with Crippen LogP contribution in [0.25, 0.3) is 5.57 Å². The summed E-state index contributed by atoms with van der Waals surface area (Å²) in [5.74, 6) is 0. The summed E-state index contributed by atoms with van der Waals surface area (Å²) >= 11 is 6.01. The topological polar surface area (TPSA) is 36.4 Å². The van der Waals surface area contributed by atoms with Gasteiger partial charge in [-0.1, -0.05) is 60.1 Å². The average Bonchev–Trinajstić information content (AvgIpc) is 2.98. The minimum absolute atomic E-state index is 0.708. The van der Waals surface area contributed by atoms with Crippen LogP contribution in [-0.2, 0) is 18.4 Å². The van der Waals surface area contributed by atoms with Gasteiger partial charge in [-0.05, 0) is 72.6 Å². The fourth-order valence-electron chi connectivity index (χ4n) is 5.09. The lowest BCUT2D eigenvalue weighted by molar-refractivity contribution is -0.0254. The van der Waals surface area contributed by atoms with Gasteiger partial charge in [0.05, 0.1) is 5.60 Å². The van der Waals surface area contributed by atoms with Crippen molar-refractivity contribution in [3.05, 3.63) is 106 Å². The van der Waals surface area contributed by atoms with Crippen molar-refractivity contribution in [3.63, 3.8) is 0 Å². The number of nitrogens with zero attached hydrogens (tertiary/aromatic N) is 2. The molecule has 3 nitrogen and oxygen atoms in total. The molecule has 0 radical (unpaired) electrons. The third-order valence-corrected chi connectivity index (χ3v) is 7.23. The lowest BCUT2D eigenvalue weighted by Crippen LogP contribution is -2.42. The lowest BCUT2D eigenvalue weighted by Gasteiger charge is -2.38. The number of aromatic nitrogens is 1. The van der Waals surface area contributed by atoms with E-state index in [2.05, 4.69) is 46.3 Å². The Morgan fingerprint density at radius 2 is 1.69 bits per heavy atom. The molecule has 0 amide bonds. The minimum atomic E-state index is -0.746. The Labute approximate surface area is 195 Å². The number of halogens is 1. The normalized spacial score (nSPS) is 19.2. The summed E-state index contributed by atoms with van der Waals surface area (Å²) in [5, 5.41) is 11.8. The molecule has 0 saturated carbocycles. The Bertz CT molecular complexity index is 1060. The smallest absolute Gasteiger partial charge is 0.0920 e. The van der Waals surface area contributed by atoms with Crippen LogP contribution in [-0.4, -0.2) is 34.6 Å². The third-order valence-electron chi connectivity index (χ3n) is 6.98. The highest BCUT2D eigenvalue weighted by Gasteiger charge is 2.33. The number of rotatable bonds is 4. The molecule has 1 N–H and O–H groups in total. The molecule has 1 fully saturated rings. The molecule has 0 bridgehead atoms. The van der Waals surface area contributed by atoms with Crippen LogP contribution in [0.1, 0.15) is 47.2 Å². The number of likely N-dealkylation sites (tertiary alicyclic amines) is 1. The van der Waals surface area contributed by atoms with Gasteiger partial charge in [-0.25, -0.2) is 0 Å². The molecule has 0 unspecified atom stereocenters. The fourth-order valence-corrected chi connectivity index (χ4v) is 5.21. The summed E-state index contributed by atoms with van der Waals surface area (Å²) in [6.07, 6.45) is 8.80. The number of benzene rings is 2. The summed E-state index contributed by atoms with van der Waals surface area (Å²) in [6, 6.07) is 20.7. The second-order valence-electron chi connectivity index (χ2n) is 8.94. The van der Waals surface area contributed by atoms with Crippen LogP contribution in [0.15, 0.2) is 72.9 Å². The lowest BCUT2D eigenvalue weighted by atomic mass is 9.84. The van der Waals surface area contributed by atoms with Crippen molar-refractivity contribution in [3.8, 4) is 0 Å². The summed E-state index contributed by atoms with van der Waals surface area (Å²) in [6.45, 7) is 2.80. The number of fused-ring (bicyclic) bond motifs is 2. The maximum absolute atomic E-state index is 11.1. The van der Waals surface area contributed by atoms with E-state index in [0.29, 0.717) is 5.02 Å². The van der Waals surface area contributed by atoms with E-state index >= 15 is 0 Å². The van der Waals surface area contributed by atoms with Gasteiger partial charge in [0.1, 0.15) is 0 Å². The second kappa shape index (κ2) is 9.19. The van der Waals surface area contributed by atoms with E-state index in [9.17, 15) is 5.11 Å². The Morgan fingerprint density at radius 3 is 2.50 bits per heavy atom. The fraction of sp³-hybridized carbons (Fsp3) is 0.321. The Kier molecular flexibility index (Phi) is 6.14. The molecule has 5 rings (SSSR count). The first-order valence-electron chi connectivity index (χ1n) is 11.6. The maximum atomic E-state index is 11.1. The van der Waals surface area contributed by atoms with Gasteiger partial charge < -0.3 is 10.0 Å². The summed E-state index contributed by atoms with van der Waals surface area (Å²) in [4.78, 5) is 7.14. The Balaban J connectivity index is 1.28. The van der Waals surface area contributed by atoms with Crippen LogP contribution in [0.3, 0.4) is 0 Å². The molecule has 3 aromatic rings. The zero-order valence-corrected chi connectivity index (χ0v) is 19.1. The van der Waals surface area contributed by atoms with Crippen LogP contribution < -0.4 is 0 Å². The van der Waals surface area contributed by atoms with Crippen LogP contribution >= 0.6 is 11.6 Å². The predicted molar refractivity (Wildman–Crippen MR) is 131 cm³/mol. The SMILES string of the molecule is OC1(c2ccc(Cl)cc2)CCN(CC/C=C2/c3ccccc3CCc3ncccc32)CC1. The van der Waals surface area contributed by atoms with Crippen LogP contribution in [0, 0.1) is 0 Å². The first-order valence-corrected chi connectivity index (χ1v) is 11.9. The van der Waals surface area contributed by atoms with Crippen molar-refractivity contribution in [2.45, 2.75) is 37.7 Å². The Morgan fingerprint density at radius 1 is 0.938 bits per heavy atom. The first kappa shape index (κ1) is 21.4. The summed E-state index contributed by atoms with van der Waals surface area (Å²) in [7, 11) is 0. The van der Waals surface area contributed by atoms with Crippen LogP contribution in [0.2, 0.25) is 5.02 Å². The predicted octanol–water partition coefficient (Wildman–Crippen LogP) is 5.64. The largest absolute Gasteiger partial charge is 0.385 e. The molecule has 1 aromatic heterocycles. The number of aryl methyl sites for hydroxylation is 2. The highest BCUT2D eigenvalue weighted by Crippen LogP contribution is 2.35. The standard InChI is InChI=1S/C28H29ClN2O/c29-23-12-10-22(11-13-23)28(32)15-19-31(20-16-28)18-4-8-25-24-6-2-1-5-21(24)9-14-27-26(25)7-3-17-30-27/h1-3,5-8,10-13,17,32H,4,9,14-16,18-20H2/b25-8-. The monoisotopic (exact) mass is 444 g/mol. The van der Waals surface area contributed by atoms with Gasteiger partial charge in [0.25, 0.3) is 0 Å². The van der Waals surface area contributed by atoms with Gasteiger partial charge in [0.15, 0.2) is 0 Å². The molecule has 1 aliphatic carbocycles. The summed E-state index contributed by atoms with van der Waals surface area (Å²) < 4.78 is 0. The molecule has 2 aliphatic rings. The third kappa shape index (κ3) is 4.38. The number of aliphatic hydroxyl groups is 1. The summed E-state index contributed by atoms with van der Waals surface area (Å²) in [5.41, 5.74) is 6.76. The maximum Gasteiger partial charge on any atom is 0.0920 e. The highest BCUT2D eigenvalue weighted by atomic mass is 35.5. The van der Waals surface area contributed by atoms with E-state index in [1.54, 1.807) is 0 Å². The van der Waals surface area contributed by atoms with Gasteiger partial charge in [-0.15, -0.1) is 0 Å². The van der Waals surface area contributed by atoms with Crippen LogP contribution in [0.4, 0.5) is 0 Å². The first-order chi connectivity index (χ1) is 15.6. The quantitative estimate of drug-likeness (QED) is 0.565. The molecular formula is C28H29ClN2O. The van der Waals surface area contributed by atoms with Gasteiger partial charge in [0, 0.05) is 42.1 Å². The van der Waals surface area contributed by atoms with Crippen molar-refractivity contribution in [2.75, 3.05) is 19.6 Å². The van der Waals surface area contributed by atoms with Crippen molar-refractivity contribution >= 4 is 17.2 Å². The van der Waals surface area contributed by atoms with Gasteiger partial charge in [-0.2, -0.15) is 0 Å². The molecule has 2 heterocycles. The Hall–Kier alpha value is -2.46. The van der Waals surface area contributed by atoms with E-state index in [4.69, 9.17) is 11.6 Å². The van der Waals surface area contributed by atoms with Crippen molar-refractivity contribution in [1.82, 2.24) is 9.88 Å². The van der Waals surface area contributed by atoms with E-state index in [0.717, 1.165) is 57.3 Å². The molecule has 2 aromatic carbocycles. The molecule has 1 aliphatic heterocycles.